The average Bonchev–Trinajstić information content (AvgIpc) is 3.38. The van der Waals surface area contributed by atoms with E-state index < -0.39 is 0 Å². The van der Waals surface area contributed by atoms with E-state index in [2.05, 4.69) is 249 Å². The van der Waals surface area contributed by atoms with E-state index in [1.54, 1.807) is 0 Å². The fourth-order valence-corrected chi connectivity index (χ4v) is 10.4. The van der Waals surface area contributed by atoms with Gasteiger partial charge in [-0.3, -0.25) is 0 Å². The van der Waals surface area contributed by atoms with Crippen molar-refractivity contribution in [2.45, 2.75) is 12.3 Å². The molecule has 11 aromatic carbocycles. The van der Waals surface area contributed by atoms with Crippen LogP contribution in [0.4, 0.5) is 0 Å². The van der Waals surface area contributed by atoms with Crippen molar-refractivity contribution >= 4 is 48.7 Å². The van der Waals surface area contributed by atoms with E-state index in [0.29, 0.717) is 5.92 Å². The van der Waals surface area contributed by atoms with Crippen molar-refractivity contribution in [1.29, 1.82) is 0 Å². The molecule has 0 heterocycles. The molecule has 0 aromatic heterocycles. The molecule has 0 N–H and O–H groups in total. The van der Waals surface area contributed by atoms with Crippen LogP contribution in [0.25, 0.3) is 104 Å². The predicted molar refractivity (Wildman–Crippen MR) is 275 cm³/mol. The van der Waals surface area contributed by atoms with Crippen LogP contribution in [-0.4, -0.2) is 0 Å². The zero-order chi connectivity index (χ0) is 42.4. The first-order valence-electron chi connectivity index (χ1n) is 22.4. The van der Waals surface area contributed by atoms with Crippen LogP contribution in [0.1, 0.15) is 23.5 Å². The number of rotatable bonds is 7. The lowest BCUT2D eigenvalue weighted by molar-refractivity contribution is 0.857. The van der Waals surface area contributed by atoms with Crippen molar-refractivity contribution in [3.05, 3.63) is 260 Å². The Kier molecular flexibility index (Phi) is 9.42. The minimum absolute atomic E-state index is 0.361. The summed E-state index contributed by atoms with van der Waals surface area (Å²) in [7, 11) is 0. The molecule has 1 aliphatic rings. The predicted octanol–water partition coefficient (Wildman–Crippen LogP) is 17.8. The van der Waals surface area contributed by atoms with Gasteiger partial charge in [-0.15, -0.1) is 0 Å². The average molecular weight is 813 g/mol. The van der Waals surface area contributed by atoms with E-state index in [9.17, 15) is 0 Å². The van der Waals surface area contributed by atoms with Gasteiger partial charge in [0.15, 0.2) is 0 Å². The second-order valence-corrected chi connectivity index (χ2v) is 17.1. The molecule has 1 atom stereocenters. The van der Waals surface area contributed by atoms with Gasteiger partial charge in [-0.25, -0.2) is 0 Å². The molecule has 12 rings (SSSR count). The van der Waals surface area contributed by atoms with Gasteiger partial charge >= 0.3 is 0 Å². The zero-order valence-corrected chi connectivity index (χ0v) is 35.5. The van der Waals surface area contributed by atoms with E-state index >= 15 is 0 Å². The molecule has 1 unspecified atom stereocenters. The first-order valence-corrected chi connectivity index (χ1v) is 22.4. The molecule has 0 amide bonds. The van der Waals surface area contributed by atoms with Crippen LogP contribution >= 0.6 is 0 Å². The van der Waals surface area contributed by atoms with E-state index in [4.69, 9.17) is 0 Å². The summed E-state index contributed by atoms with van der Waals surface area (Å²) in [4.78, 5) is 0. The second-order valence-electron chi connectivity index (χ2n) is 17.1. The lowest BCUT2D eigenvalue weighted by Crippen LogP contribution is -2.00. The SMILES string of the molecule is C1=CC(c2ccccc2)CC=C1c1c2ccccc2c(-c2ccccc2)c2ccc(-c3ccc4c(-c5ccccc5)c5ccccc5c(-c5ccc(-c6ccccc6)cc5)c4c3)cc12. The third-order valence-electron chi connectivity index (χ3n) is 13.4. The van der Waals surface area contributed by atoms with Crippen LogP contribution in [0.2, 0.25) is 0 Å². The maximum absolute atomic E-state index is 2.47. The summed E-state index contributed by atoms with van der Waals surface area (Å²) >= 11 is 0. The molecule has 1 aliphatic carbocycles. The number of hydrogen-bond acceptors (Lipinski definition) is 0. The summed E-state index contributed by atoms with van der Waals surface area (Å²) in [5.41, 5.74) is 16.2. The summed E-state index contributed by atoms with van der Waals surface area (Å²) in [5.74, 6) is 0.361. The van der Waals surface area contributed by atoms with Crippen LogP contribution in [0, 0.1) is 0 Å². The fraction of sp³-hybridized carbons (Fsp3) is 0.0312. The van der Waals surface area contributed by atoms with E-state index in [1.807, 2.05) is 0 Å². The third-order valence-corrected chi connectivity index (χ3v) is 13.4. The van der Waals surface area contributed by atoms with Crippen LogP contribution in [0.5, 0.6) is 0 Å². The van der Waals surface area contributed by atoms with E-state index in [1.165, 1.54) is 115 Å². The molecular formula is C64H44. The zero-order valence-electron chi connectivity index (χ0n) is 35.5. The summed E-state index contributed by atoms with van der Waals surface area (Å²) in [6.45, 7) is 0. The molecule has 0 radical (unpaired) electrons. The molecule has 0 nitrogen and oxygen atoms in total. The Bertz CT molecular complexity index is 3580. The van der Waals surface area contributed by atoms with Gasteiger partial charge in [0.1, 0.15) is 0 Å². The van der Waals surface area contributed by atoms with Gasteiger partial charge in [0.2, 0.25) is 0 Å². The number of fused-ring (bicyclic) bond motifs is 4. The maximum atomic E-state index is 2.47. The number of allylic oxidation sites excluding steroid dienone is 4. The molecule has 0 heteroatoms. The Morgan fingerprint density at radius 2 is 0.609 bits per heavy atom. The molecule has 0 aliphatic heterocycles. The lowest BCUT2D eigenvalue weighted by atomic mass is 9.81. The van der Waals surface area contributed by atoms with Crippen LogP contribution in [0.15, 0.2) is 249 Å². The molecule has 0 bridgehead atoms. The van der Waals surface area contributed by atoms with E-state index in [0.717, 1.165) is 6.42 Å². The van der Waals surface area contributed by atoms with Gasteiger partial charge in [0.25, 0.3) is 0 Å². The molecule has 0 saturated heterocycles. The Balaban J connectivity index is 1.10. The minimum Gasteiger partial charge on any atom is -0.0761 e. The minimum atomic E-state index is 0.361. The van der Waals surface area contributed by atoms with Gasteiger partial charge in [-0.05, 0) is 134 Å². The van der Waals surface area contributed by atoms with Gasteiger partial charge in [-0.1, -0.05) is 237 Å². The molecule has 0 saturated carbocycles. The highest BCUT2D eigenvalue weighted by molar-refractivity contribution is 6.23. The Labute approximate surface area is 374 Å². The van der Waals surface area contributed by atoms with Gasteiger partial charge in [0.05, 0.1) is 0 Å². The maximum Gasteiger partial charge on any atom is 0.00561 e. The van der Waals surface area contributed by atoms with Crippen LogP contribution < -0.4 is 0 Å². The van der Waals surface area contributed by atoms with Crippen molar-refractivity contribution in [3.63, 3.8) is 0 Å². The first kappa shape index (κ1) is 37.7. The molecule has 64 heavy (non-hydrogen) atoms. The molecule has 11 aromatic rings. The third kappa shape index (κ3) is 6.55. The first-order chi connectivity index (χ1) is 31.8. The number of hydrogen-bond donors (Lipinski definition) is 0. The quantitative estimate of drug-likeness (QED) is 0.141. The summed E-state index contributed by atoms with van der Waals surface area (Å²) < 4.78 is 0. The molecule has 0 fully saturated rings. The summed E-state index contributed by atoms with van der Waals surface area (Å²) in [6.07, 6.45) is 8.21. The molecular weight excluding hydrogens is 769 g/mol. The topological polar surface area (TPSA) is 0 Å². The highest BCUT2D eigenvalue weighted by Gasteiger charge is 2.22. The molecule has 0 spiro atoms. The Hall–Kier alpha value is -8.06. The standard InChI is InChI=1S/C64H44/c1-5-17-43(18-6-1)45-29-33-49(34-30-45)63-55-27-15-13-25-53(55)61(47-21-9-3-10-22-47)57-39-37-51(41-59(57)63)52-38-40-58-60(42-52)64(50-35-31-46(32-36-50)44-19-7-2-8-20-44)56-28-16-14-26-54(56)62(58)48-23-11-4-12-24-48/h1-31,33-42,46H,32H2. The smallest absolute Gasteiger partial charge is 0.00561 e. The fourth-order valence-electron chi connectivity index (χ4n) is 10.4. The van der Waals surface area contributed by atoms with E-state index in [-0.39, 0.29) is 0 Å². The second kappa shape index (κ2) is 16.0. The number of benzene rings is 11. The summed E-state index contributed by atoms with van der Waals surface area (Å²) in [5, 5.41) is 10.1. The monoisotopic (exact) mass is 812 g/mol. The van der Waals surface area contributed by atoms with Crippen molar-refractivity contribution in [2.24, 2.45) is 0 Å². The Morgan fingerprint density at radius 3 is 1.09 bits per heavy atom. The van der Waals surface area contributed by atoms with Crippen LogP contribution in [0.3, 0.4) is 0 Å². The van der Waals surface area contributed by atoms with Gasteiger partial charge in [0, 0.05) is 5.92 Å². The van der Waals surface area contributed by atoms with Crippen molar-refractivity contribution in [2.75, 3.05) is 0 Å². The molecule has 300 valence electrons. The lowest BCUT2D eigenvalue weighted by Gasteiger charge is -2.22. The van der Waals surface area contributed by atoms with Gasteiger partial charge < -0.3 is 0 Å². The highest BCUT2D eigenvalue weighted by atomic mass is 14.3. The van der Waals surface area contributed by atoms with Crippen molar-refractivity contribution < 1.29 is 0 Å². The van der Waals surface area contributed by atoms with Crippen molar-refractivity contribution in [3.8, 4) is 55.6 Å². The highest BCUT2D eigenvalue weighted by Crippen LogP contribution is 2.48. The van der Waals surface area contributed by atoms with Crippen molar-refractivity contribution in [1.82, 2.24) is 0 Å². The normalized spacial score (nSPS) is 13.8. The van der Waals surface area contributed by atoms with Crippen LogP contribution in [-0.2, 0) is 0 Å². The largest absolute Gasteiger partial charge is 0.0761 e. The Morgan fingerprint density at radius 1 is 0.266 bits per heavy atom. The summed E-state index contributed by atoms with van der Waals surface area (Å²) in [6, 6.07) is 84.9. The van der Waals surface area contributed by atoms with Gasteiger partial charge in [-0.2, -0.15) is 0 Å².